The van der Waals surface area contributed by atoms with E-state index in [9.17, 15) is 31.1 Å². The van der Waals surface area contributed by atoms with E-state index in [4.69, 9.17) is 4.74 Å². The van der Waals surface area contributed by atoms with E-state index in [1.807, 2.05) is 0 Å². The number of likely N-dealkylation sites (N-methyl/N-ethyl adjacent to an activating group) is 1. The summed E-state index contributed by atoms with van der Waals surface area (Å²) in [7, 11) is 1.43. The van der Waals surface area contributed by atoms with Crippen molar-refractivity contribution in [2.24, 2.45) is 10.9 Å². The van der Waals surface area contributed by atoms with Crippen LogP contribution in [0.4, 0.5) is 31.1 Å². The summed E-state index contributed by atoms with van der Waals surface area (Å²) in [5.41, 5.74) is -4.35. The summed E-state index contributed by atoms with van der Waals surface area (Å²) in [5.74, 6) is -0.275. The number of rotatable bonds is 2. The minimum Gasteiger partial charge on any atom is -0.439 e. The third-order valence-electron chi connectivity index (χ3n) is 5.58. The van der Waals surface area contributed by atoms with Crippen LogP contribution in [0.5, 0.6) is 0 Å². The summed E-state index contributed by atoms with van der Waals surface area (Å²) in [6.07, 6.45) is -9.14. The quantitative estimate of drug-likeness (QED) is 0.640. The van der Waals surface area contributed by atoms with E-state index in [1.165, 1.54) is 11.9 Å². The Balaban J connectivity index is 2.14. The lowest BCUT2D eigenvalue weighted by Gasteiger charge is -2.41. The van der Waals surface area contributed by atoms with Gasteiger partial charge in [0.2, 0.25) is 0 Å². The standard InChI is InChI=1S/C18H18F6N2O2/c1-16(11-4-3-5-25-9-11)14(28-15(27)26(16)2)10-6-12(17(19,20)21)8-13(7-10)18(22,23)24/h5-8,11,14H,3-4,9H2,1-2H3. The molecule has 0 aliphatic carbocycles. The van der Waals surface area contributed by atoms with E-state index in [0.717, 1.165) is 0 Å². The van der Waals surface area contributed by atoms with Gasteiger partial charge in [0.05, 0.1) is 16.7 Å². The average molecular weight is 408 g/mol. The molecule has 4 nitrogen and oxygen atoms in total. The highest BCUT2D eigenvalue weighted by atomic mass is 19.4. The van der Waals surface area contributed by atoms with Crippen molar-refractivity contribution in [3.63, 3.8) is 0 Å². The van der Waals surface area contributed by atoms with Gasteiger partial charge in [-0.3, -0.25) is 4.99 Å². The highest BCUT2D eigenvalue weighted by Gasteiger charge is 2.55. The minimum absolute atomic E-state index is 0.0617. The first-order valence-electron chi connectivity index (χ1n) is 8.57. The fraction of sp³-hybridized carbons (Fsp3) is 0.556. The van der Waals surface area contributed by atoms with Gasteiger partial charge in [0, 0.05) is 19.5 Å². The fourth-order valence-corrected chi connectivity index (χ4v) is 3.83. The number of nitrogens with zero attached hydrogens (tertiary/aromatic N) is 2. The van der Waals surface area contributed by atoms with Gasteiger partial charge in [-0.2, -0.15) is 26.3 Å². The van der Waals surface area contributed by atoms with Crippen LogP contribution in [0.3, 0.4) is 0 Å². The zero-order valence-electron chi connectivity index (χ0n) is 15.1. The molecule has 10 heteroatoms. The second-order valence-electron chi connectivity index (χ2n) is 7.21. The number of aliphatic imine (C=N–C) groups is 1. The molecule has 3 atom stereocenters. The number of ether oxygens (including phenoxy) is 1. The van der Waals surface area contributed by atoms with Crippen molar-refractivity contribution in [3.8, 4) is 0 Å². The lowest BCUT2D eigenvalue weighted by molar-refractivity contribution is -0.143. The molecule has 1 saturated heterocycles. The van der Waals surface area contributed by atoms with Crippen molar-refractivity contribution in [2.75, 3.05) is 13.6 Å². The Bertz CT molecular complexity index is 772. The molecule has 3 rings (SSSR count). The van der Waals surface area contributed by atoms with E-state index in [-0.39, 0.29) is 17.5 Å². The Morgan fingerprint density at radius 1 is 1.11 bits per heavy atom. The number of hydrogen-bond acceptors (Lipinski definition) is 3. The number of halogens is 6. The minimum atomic E-state index is -4.98. The zero-order chi connectivity index (χ0) is 20.9. The maximum Gasteiger partial charge on any atom is 0.416 e. The molecule has 0 spiro atoms. The molecular formula is C18H18F6N2O2. The van der Waals surface area contributed by atoms with Gasteiger partial charge in [0.25, 0.3) is 0 Å². The van der Waals surface area contributed by atoms with Gasteiger partial charge < -0.3 is 9.64 Å². The van der Waals surface area contributed by atoms with Crippen molar-refractivity contribution >= 4 is 12.3 Å². The summed E-state index contributed by atoms with van der Waals surface area (Å²) >= 11 is 0. The molecule has 0 bridgehead atoms. The zero-order valence-corrected chi connectivity index (χ0v) is 15.1. The lowest BCUT2D eigenvalue weighted by atomic mass is 9.74. The first kappa shape index (κ1) is 20.5. The van der Waals surface area contributed by atoms with E-state index < -0.39 is 41.2 Å². The van der Waals surface area contributed by atoms with Crippen LogP contribution in [0.15, 0.2) is 23.2 Å². The van der Waals surface area contributed by atoms with Crippen molar-refractivity contribution < 1.29 is 35.9 Å². The van der Waals surface area contributed by atoms with E-state index in [1.54, 1.807) is 13.1 Å². The lowest BCUT2D eigenvalue weighted by Crippen LogP contribution is -2.51. The predicted molar refractivity (Wildman–Crippen MR) is 87.9 cm³/mol. The van der Waals surface area contributed by atoms with Crippen LogP contribution < -0.4 is 0 Å². The van der Waals surface area contributed by atoms with Crippen LogP contribution >= 0.6 is 0 Å². The van der Waals surface area contributed by atoms with Crippen LogP contribution in [-0.4, -0.2) is 36.3 Å². The Morgan fingerprint density at radius 2 is 1.68 bits per heavy atom. The van der Waals surface area contributed by atoms with Gasteiger partial charge in [0.15, 0.2) is 6.10 Å². The van der Waals surface area contributed by atoms with E-state index in [0.29, 0.717) is 31.5 Å². The van der Waals surface area contributed by atoms with Crippen molar-refractivity contribution in [2.45, 2.75) is 43.8 Å². The van der Waals surface area contributed by atoms with Gasteiger partial charge in [-0.25, -0.2) is 4.79 Å². The number of carbonyl (C=O) groups excluding carboxylic acids is 1. The Hall–Kier alpha value is -2.26. The molecule has 0 radical (unpaired) electrons. The molecule has 2 aliphatic rings. The van der Waals surface area contributed by atoms with Crippen molar-refractivity contribution in [3.05, 3.63) is 34.9 Å². The van der Waals surface area contributed by atoms with E-state index >= 15 is 0 Å². The van der Waals surface area contributed by atoms with Gasteiger partial charge in [0.1, 0.15) is 0 Å². The normalized spacial score (nSPS) is 28.6. The molecule has 1 amide bonds. The summed E-state index contributed by atoms with van der Waals surface area (Å²) < 4.78 is 84.6. The van der Waals surface area contributed by atoms with Crippen LogP contribution in [0.25, 0.3) is 0 Å². The number of cyclic esters (lactones) is 1. The summed E-state index contributed by atoms with van der Waals surface area (Å²) in [5, 5.41) is 0. The molecular weight excluding hydrogens is 390 g/mol. The van der Waals surface area contributed by atoms with Crippen LogP contribution in [-0.2, 0) is 17.1 Å². The highest BCUT2D eigenvalue weighted by Crippen LogP contribution is 2.48. The third kappa shape index (κ3) is 3.44. The number of hydrogen-bond donors (Lipinski definition) is 0. The molecule has 0 N–H and O–H groups in total. The van der Waals surface area contributed by atoms with Crippen LogP contribution in [0.1, 0.15) is 42.6 Å². The fourth-order valence-electron chi connectivity index (χ4n) is 3.83. The predicted octanol–water partition coefficient (Wildman–Crippen LogP) is 5.09. The Kier molecular flexibility index (Phi) is 4.87. The Morgan fingerprint density at radius 3 is 2.14 bits per heavy atom. The molecule has 1 aromatic rings. The number of amides is 1. The second kappa shape index (κ2) is 6.66. The molecule has 1 aromatic carbocycles. The molecule has 2 heterocycles. The largest absolute Gasteiger partial charge is 0.439 e. The van der Waals surface area contributed by atoms with Gasteiger partial charge in [-0.15, -0.1) is 0 Å². The molecule has 1 fully saturated rings. The molecule has 3 unspecified atom stereocenters. The maximum absolute atomic E-state index is 13.2. The summed E-state index contributed by atoms with van der Waals surface area (Å²) in [6.45, 7) is 1.92. The highest BCUT2D eigenvalue weighted by molar-refractivity contribution is 5.72. The van der Waals surface area contributed by atoms with Crippen LogP contribution in [0.2, 0.25) is 0 Å². The summed E-state index contributed by atoms with van der Waals surface area (Å²) in [4.78, 5) is 17.6. The third-order valence-corrected chi connectivity index (χ3v) is 5.58. The smallest absolute Gasteiger partial charge is 0.416 e. The van der Waals surface area contributed by atoms with Crippen molar-refractivity contribution in [1.82, 2.24) is 4.90 Å². The van der Waals surface area contributed by atoms with Crippen LogP contribution in [0, 0.1) is 5.92 Å². The first-order chi connectivity index (χ1) is 12.8. The number of benzene rings is 1. The van der Waals surface area contributed by atoms with Gasteiger partial charge in [-0.1, -0.05) is 0 Å². The molecule has 28 heavy (non-hydrogen) atoms. The monoisotopic (exact) mass is 408 g/mol. The first-order valence-corrected chi connectivity index (χ1v) is 8.57. The SMILES string of the molecule is CN1C(=O)OC(c2cc(C(F)(F)F)cc(C(F)(F)F)c2)C1(C)C1CCC=NC1. The average Bonchev–Trinajstić information content (AvgIpc) is 2.86. The Labute approximate surface area is 157 Å². The molecule has 2 aliphatic heterocycles. The molecule has 0 aromatic heterocycles. The molecule has 0 saturated carbocycles. The number of carbonyl (C=O) groups is 1. The summed E-state index contributed by atoms with van der Waals surface area (Å²) in [6, 6.07) is 1.31. The maximum atomic E-state index is 13.2. The topological polar surface area (TPSA) is 41.9 Å². The van der Waals surface area contributed by atoms with Gasteiger partial charge in [-0.05, 0) is 49.7 Å². The molecule has 154 valence electrons. The second-order valence-corrected chi connectivity index (χ2v) is 7.21. The van der Waals surface area contributed by atoms with Crippen molar-refractivity contribution in [1.29, 1.82) is 0 Å². The van der Waals surface area contributed by atoms with Gasteiger partial charge >= 0.3 is 18.4 Å². The number of alkyl halides is 6. The van der Waals surface area contributed by atoms with E-state index in [2.05, 4.69) is 4.99 Å².